The second-order valence-electron chi connectivity index (χ2n) is 10.4. The van der Waals surface area contributed by atoms with Gasteiger partial charge in [-0.15, -0.1) is 0 Å². The molecule has 0 radical (unpaired) electrons. The average Bonchev–Trinajstić information content (AvgIpc) is 3.28. The van der Waals surface area contributed by atoms with Gasteiger partial charge >= 0.3 is 0 Å². The van der Waals surface area contributed by atoms with Gasteiger partial charge in [-0.25, -0.2) is 0 Å². The number of piperidine rings is 2. The van der Waals surface area contributed by atoms with E-state index in [1.165, 1.54) is 31.2 Å². The van der Waals surface area contributed by atoms with Crippen molar-refractivity contribution in [1.29, 1.82) is 0 Å². The van der Waals surface area contributed by atoms with E-state index in [-0.39, 0.29) is 24.1 Å². The number of fused-ring (bicyclic) bond motifs is 3. The summed E-state index contributed by atoms with van der Waals surface area (Å²) in [6, 6.07) is 7.73. The smallest absolute Gasteiger partial charge is 0.255 e. The highest BCUT2D eigenvalue weighted by molar-refractivity contribution is 6.05. The molecule has 0 spiro atoms. The molecule has 176 valence electrons. The van der Waals surface area contributed by atoms with Crippen molar-refractivity contribution in [3.8, 4) is 0 Å². The van der Waals surface area contributed by atoms with Gasteiger partial charge in [0.15, 0.2) is 0 Å². The number of likely N-dealkylation sites (tertiary alicyclic amines) is 1. The summed E-state index contributed by atoms with van der Waals surface area (Å²) in [6.07, 6.45) is 5.82. The molecular formula is C25H33N5O3. The zero-order valence-electron chi connectivity index (χ0n) is 19.1. The highest BCUT2D eigenvalue weighted by Crippen LogP contribution is 2.35. The fourth-order valence-electron chi connectivity index (χ4n) is 6.81. The lowest BCUT2D eigenvalue weighted by Gasteiger charge is -2.46. The molecule has 4 fully saturated rings. The molecule has 5 aliphatic heterocycles. The average molecular weight is 452 g/mol. The lowest BCUT2D eigenvalue weighted by atomic mass is 10.00. The summed E-state index contributed by atoms with van der Waals surface area (Å²) >= 11 is 0. The largest absolute Gasteiger partial charge is 0.322 e. The Morgan fingerprint density at radius 2 is 1.67 bits per heavy atom. The highest BCUT2D eigenvalue weighted by Gasteiger charge is 2.43. The van der Waals surface area contributed by atoms with Crippen molar-refractivity contribution in [3.05, 3.63) is 34.9 Å². The Morgan fingerprint density at radius 1 is 0.909 bits per heavy atom. The van der Waals surface area contributed by atoms with E-state index < -0.39 is 6.04 Å². The van der Waals surface area contributed by atoms with Gasteiger partial charge < -0.3 is 10.2 Å². The molecule has 5 heterocycles. The Bertz CT molecular complexity index is 961. The molecule has 33 heavy (non-hydrogen) atoms. The molecule has 8 heteroatoms. The first-order chi connectivity index (χ1) is 16.1. The molecule has 6 rings (SSSR count). The van der Waals surface area contributed by atoms with Gasteiger partial charge in [-0.1, -0.05) is 12.1 Å². The molecule has 3 amide bonds. The minimum absolute atomic E-state index is 0.0860. The van der Waals surface area contributed by atoms with Gasteiger partial charge in [0.25, 0.3) is 5.91 Å². The van der Waals surface area contributed by atoms with Gasteiger partial charge in [-0.2, -0.15) is 0 Å². The summed E-state index contributed by atoms with van der Waals surface area (Å²) in [5, 5.41) is 5.87. The second-order valence-corrected chi connectivity index (χ2v) is 10.4. The van der Waals surface area contributed by atoms with Crippen molar-refractivity contribution in [2.75, 3.05) is 26.2 Å². The summed E-state index contributed by atoms with van der Waals surface area (Å²) in [6.45, 7) is 5.81. The van der Waals surface area contributed by atoms with Crippen LogP contribution in [0.5, 0.6) is 0 Å². The molecule has 0 aliphatic carbocycles. The Kier molecular flexibility index (Phi) is 5.47. The van der Waals surface area contributed by atoms with Crippen molar-refractivity contribution in [2.45, 2.75) is 75.8 Å². The van der Waals surface area contributed by atoms with Gasteiger partial charge in [-0.3, -0.25) is 29.5 Å². The Hall–Kier alpha value is -2.29. The third-order valence-corrected chi connectivity index (χ3v) is 8.34. The van der Waals surface area contributed by atoms with E-state index in [4.69, 9.17) is 0 Å². The van der Waals surface area contributed by atoms with E-state index in [9.17, 15) is 14.4 Å². The van der Waals surface area contributed by atoms with Crippen LogP contribution in [0.2, 0.25) is 0 Å². The van der Waals surface area contributed by atoms with Crippen LogP contribution in [-0.4, -0.2) is 82.8 Å². The fraction of sp³-hybridized carbons (Fsp3) is 0.640. The van der Waals surface area contributed by atoms with E-state index in [0.717, 1.165) is 44.3 Å². The third-order valence-electron chi connectivity index (χ3n) is 8.34. The molecule has 0 saturated carbocycles. The van der Waals surface area contributed by atoms with Crippen LogP contribution in [0.15, 0.2) is 18.2 Å². The molecule has 2 N–H and O–H groups in total. The van der Waals surface area contributed by atoms with Crippen molar-refractivity contribution < 1.29 is 14.4 Å². The number of hydrogen-bond acceptors (Lipinski definition) is 6. The van der Waals surface area contributed by atoms with Gasteiger partial charge in [0.1, 0.15) is 6.04 Å². The minimum Gasteiger partial charge on any atom is -0.322 e. The highest BCUT2D eigenvalue weighted by atomic mass is 16.2. The van der Waals surface area contributed by atoms with Crippen LogP contribution in [0, 0.1) is 0 Å². The van der Waals surface area contributed by atoms with E-state index in [1.807, 2.05) is 12.1 Å². The predicted molar refractivity (Wildman–Crippen MR) is 122 cm³/mol. The molecule has 3 unspecified atom stereocenters. The monoisotopic (exact) mass is 451 g/mol. The van der Waals surface area contributed by atoms with Crippen molar-refractivity contribution in [1.82, 2.24) is 25.3 Å². The topological polar surface area (TPSA) is 85.0 Å². The molecule has 0 aromatic heterocycles. The van der Waals surface area contributed by atoms with Crippen LogP contribution in [0.25, 0.3) is 0 Å². The lowest BCUT2D eigenvalue weighted by Crippen LogP contribution is -2.58. The number of nitrogens with one attached hydrogen (secondary N) is 2. The zero-order chi connectivity index (χ0) is 22.5. The molecule has 1 aromatic carbocycles. The van der Waals surface area contributed by atoms with Crippen LogP contribution < -0.4 is 10.6 Å². The molecule has 8 nitrogen and oxygen atoms in total. The van der Waals surface area contributed by atoms with Crippen LogP contribution in [0.4, 0.5) is 0 Å². The molecule has 1 aromatic rings. The number of nitrogens with zero attached hydrogens (tertiary/aromatic N) is 3. The van der Waals surface area contributed by atoms with E-state index in [0.29, 0.717) is 30.6 Å². The van der Waals surface area contributed by atoms with Crippen LogP contribution in [0.1, 0.15) is 60.0 Å². The molecule has 2 bridgehead atoms. The molecule has 4 saturated heterocycles. The number of rotatable bonds is 4. The van der Waals surface area contributed by atoms with E-state index >= 15 is 0 Å². The number of imide groups is 1. The minimum atomic E-state index is -0.551. The van der Waals surface area contributed by atoms with Gasteiger partial charge in [-0.05, 0) is 62.4 Å². The van der Waals surface area contributed by atoms with Gasteiger partial charge in [0.2, 0.25) is 11.8 Å². The second kappa shape index (κ2) is 8.49. The molecular weight excluding hydrogens is 418 g/mol. The Morgan fingerprint density at radius 3 is 2.39 bits per heavy atom. The summed E-state index contributed by atoms with van der Waals surface area (Å²) < 4.78 is 0. The SMILES string of the molecule is O=C1CCC(N2Cc3ccc(CN4CC5CCC(C4)N5C4CCNCC4)cc3C2=O)C(=O)N1. The summed E-state index contributed by atoms with van der Waals surface area (Å²) in [5.74, 6) is -0.691. The number of benzene rings is 1. The van der Waals surface area contributed by atoms with Crippen LogP contribution >= 0.6 is 0 Å². The number of carbonyl (C=O) groups excluding carboxylic acids is 3. The van der Waals surface area contributed by atoms with E-state index in [1.54, 1.807) is 4.90 Å². The third kappa shape index (κ3) is 3.88. The van der Waals surface area contributed by atoms with Crippen LogP contribution in [-0.2, 0) is 22.7 Å². The maximum atomic E-state index is 13.1. The number of amides is 3. The number of piperazine rings is 1. The van der Waals surface area contributed by atoms with Crippen molar-refractivity contribution in [2.24, 2.45) is 0 Å². The molecule has 3 atom stereocenters. The summed E-state index contributed by atoms with van der Waals surface area (Å²) in [4.78, 5) is 43.9. The zero-order valence-corrected chi connectivity index (χ0v) is 19.1. The first-order valence-electron chi connectivity index (χ1n) is 12.5. The van der Waals surface area contributed by atoms with Crippen molar-refractivity contribution >= 4 is 17.7 Å². The van der Waals surface area contributed by atoms with Gasteiger partial charge in [0.05, 0.1) is 0 Å². The first kappa shape index (κ1) is 21.3. The fourth-order valence-corrected chi connectivity index (χ4v) is 6.81. The summed E-state index contributed by atoms with van der Waals surface area (Å²) in [5.41, 5.74) is 2.86. The normalized spacial score (nSPS) is 31.2. The molecule has 5 aliphatic rings. The summed E-state index contributed by atoms with van der Waals surface area (Å²) in [7, 11) is 0. The predicted octanol–water partition coefficient (Wildman–Crippen LogP) is 0.848. The standard InChI is InChI=1S/C25H33N5O3/c31-23-6-5-22(24(32)27-23)29-13-17-2-1-16(11-21(17)25(29)33)12-28-14-19-3-4-20(15-28)30(19)18-7-9-26-10-8-18/h1-2,11,18-20,22,26H,3-10,12-15H2,(H,27,31,32). The Balaban J connectivity index is 1.12. The Labute approximate surface area is 194 Å². The van der Waals surface area contributed by atoms with Gasteiger partial charge in [0, 0.05) is 56.3 Å². The van der Waals surface area contributed by atoms with E-state index in [2.05, 4.69) is 26.5 Å². The number of carbonyl (C=O) groups is 3. The lowest BCUT2D eigenvalue weighted by molar-refractivity contribution is -0.136. The maximum absolute atomic E-state index is 13.1. The first-order valence-corrected chi connectivity index (χ1v) is 12.5. The maximum Gasteiger partial charge on any atom is 0.255 e. The quantitative estimate of drug-likeness (QED) is 0.661. The van der Waals surface area contributed by atoms with Crippen molar-refractivity contribution in [3.63, 3.8) is 0 Å². The van der Waals surface area contributed by atoms with Crippen LogP contribution in [0.3, 0.4) is 0 Å². The number of hydrogen-bond donors (Lipinski definition) is 2.